The number of thiazole rings is 1. The molecule has 0 saturated heterocycles. The van der Waals surface area contributed by atoms with Gasteiger partial charge in [-0.25, -0.2) is 9.97 Å². The van der Waals surface area contributed by atoms with Gasteiger partial charge in [-0.05, 0) is 35.4 Å². The van der Waals surface area contributed by atoms with Crippen molar-refractivity contribution in [3.8, 4) is 5.69 Å². The summed E-state index contributed by atoms with van der Waals surface area (Å²) in [5, 5.41) is 14.6. The Morgan fingerprint density at radius 3 is 2.96 bits per heavy atom. The highest BCUT2D eigenvalue weighted by molar-refractivity contribution is 7.09. The molecule has 2 heterocycles. The van der Waals surface area contributed by atoms with E-state index in [-0.39, 0.29) is 0 Å². The highest BCUT2D eigenvalue weighted by atomic mass is 32.1. The number of nitrogens with zero attached hydrogens (tertiary/aromatic N) is 4. The minimum Gasteiger partial charge on any atom is -0.411 e. The molecule has 4 aromatic rings. The molecule has 0 atom stereocenters. The minimum absolute atomic E-state index is 0.519. The fraction of sp³-hybridized carbons (Fsp3) is 0.105. The summed E-state index contributed by atoms with van der Waals surface area (Å²) >= 11 is 1.59. The molecular weight excluding hydrogens is 348 g/mol. The van der Waals surface area contributed by atoms with Gasteiger partial charge >= 0.3 is 0 Å². The zero-order valence-corrected chi connectivity index (χ0v) is 14.6. The first-order chi connectivity index (χ1) is 12.8. The van der Waals surface area contributed by atoms with Gasteiger partial charge < -0.3 is 9.94 Å². The van der Waals surface area contributed by atoms with Crippen molar-refractivity contribution in [2.75, 3.05) is 0 Å². The van der Waals surface area contributed by atoms with Crippen LogP contribution in [0.3, 0.4) is 0 Å². The van der Waals surface area contributed by atoms with Crippen LogP contribution in [0.25, 0.3) is 16.7 Å². The topological polar surface area (TPSA) is 72.5 Å². The molecule has 0 aliphatic carbocycles. The number of benzene rings is 2. The van der Waals surface area contributed by atoms with Gasteiger partial charge in [0.15, 0.2) is 0 Å². The lowest BCUT2D eigenvalue weighted by Gasteiger charge is -2.08. The summed E-state index contributed by atoms with van der Waals surface area (Å²) in [5.74, 6) is 0. The Morgan fingerprint density at radius 2 is 2.12 bits per heavy atom. The third kappa shape index (κ3) is 3.49. The van der Waals surface area contributed by atoms with Gasteiger partial charge in [0.25, 0.3) is 0 Å². The summed E-state index contributed by atoms with van der Waals surface area (Å²) in [6, 6.07) is 13.9. The molecule has 0 aliphatic rings. The van der Waals surface area contributed by atoms with E-state index in [4.69, 9.17) is 9.94 Å². The van der Waals surface area contributed by atoms with E-state index in [1.54, 1.807) is 23.9 Å². The molecule has 0 amide bonds. The Hall–Kier alpha value is -3.03. The average Bonchev–Trinajstić information content (AvgIpc) is 3.31. The van der Waals surface area contributed by atoms with E-state index < -0.39 is 0 Å². The van der Waals surface area contributed by atoms with Crippen LogP contribution in [0, 0.1) is 0 Å². The highest BCUT2D eigenvalue weighted by Crippen LogP contribution is 2.20. The molecule has 0 spiro atoms. The lowest BCUT2D eigenvalue weighted by molar-refractivity contribution is 0.107. The lowest BCUT2D eigenvalue weighted by atomic mass is 10.2. The predicted octanol–water partition coefficient (Wildman–Crippen LogP) is 4.01. The van der Waals surface area contributed by atoms with Crippen LogP contribution in [0.15, 0.2) is 65.5 Å². The van der Waals surface area contributed by atoms with Crippen LogP contribution in [-0.4, -0.2) is 26.0 Å². The normalized spacial score (nSPS) is 11.5. The van der Waals surface area contributed by atoms with Gasteiger partial charge in [0, 0.05) is 17.3 Å². The molecule has 0 saturated carbocycles. The van der Waals surface area contributed by atoms with Crippen LogP contribution >= 0.6 is 11.3 Å². The Labute approximate surface area is 154 Å². The molecular formula is C19H16N4O2S. The van der Waals surface area contributed by atoms with Crippen LogP contribution in [-0.2, 0) is 18.0 Å². The first-order valence-electron chi connectivity index (χ1n) is 8.03. The molecule has 130 valence electrons. The molecule has 0 fully saturated rings. The number of rotatable bonds is 6. The summed E-state index contributed by atoms with van der Waals surface area (Å²) in [5.41, 5.74) is 4.74. The van der Waals surface area contributed by atoms with Crippen molar-refractivity contribution < 1.29 is 9.94 Å². The van der Waals surface area contributed by atoms with Crippen LogP contribution in [0.4, 0.5) is 0 Å². The minimum atomic E-state index is 0.519. The van der Waals surface area contributed by atoms with Crippen molar-refractivity contribution >= 4 is 28.6 Å². The van der Waals surface area contributed by atoms with Crippen molar-refractivity contribution in [2.24, 2.45) is 5.16 Å². The van der Waals surface area contributed by atoms with E-state index in [1.807, 2.05) is 46.3 Å². The van der Waals surface area contributed by atoms with Crippen molar-refractivity contribution in [3.05, 3.63) is 76.5 Å². The zero-order valence-electron chi connectivity index (χ0n) is 13.8. The van der Waals surface area contributed by atoms with Crippen LogP contribution in [0.1, 0.15) is 16.1 Å². The van der Waals surface area contributed by atoms with Gasteiger partial charge in [0.2, 0.25) is 0 Å². The average molecular weight is 364 g/mol. The smallest absolute Gasteiger partial charge is 0.118 e. The Kier molecular flexibility index (Phi) is 4.72. The molecule has 6 nitrogen and oxygen atoms in total. The van der Waals surface area contributed by atoms with Gasteiger partial charge in [-0.1, -0.05) is 23.4 Å². The Morgan fingerprint density at radius 1 is 1.15 bits per heavy atom. The fourth-order valence-electron chi connectivity index (χ4n) is 2.76. The number of ether oxygens (including phenoxy) is 1. The summed E-state index contributed by atoms with van der Waals surface area (Å²) < 4.78 is 7.78. The van der Waals surface area contributed by atoms with Gasteiger partial charge in [0.05, 0.1) is 30.5 Å². The first kappa shape index (κ1) is 16.4. The van der Waals surface area contributed by atoms with Crippen LogP contribution < -0.4 is 0 Å². The van der Waals surface area contributed by atoms with E-state index in [1.165, 1.54) is 6.21 Å². The number of oxime groups is 1. The highest BCUT2D eigenvalue weighted by Gasteiger charge is 2.06. The SMILES string of the molecule is O/N=C\c1ccc2c(c1)ncn2-c1cccc(COCc2nccs2)c1. The maximum atomic E-state index is 8.67. The summed E-state index contributed by atoms with van der Waals surface area (Å²) in [6.07, 6.45) is 4.96. The zero-order chi connectivity index (χ0) is 17.8. The number of aromatic nitrogens is 3. The quantitative estimate of drug-likeness (QED) is 0.319. The van der Waals surface area contributed by atoms with Crippen molar-refractivity contribution in [2.45, 2.75) is 13.2 Å². The summed E-state index contributed by atoms with van der Waals surface area (Å²) in [4.78, 5) is 8.66. The van der Waals surface area contributed by atoms with Gasteiger partial charge in [-0.3, -0.25) is 4.57 Å². The van der Waals surface area contributed by atoms with Crippen molar-refractivity contribution in [1.29, 1.82) is 0 Å². The van der Waals surface area contributed by atoms with E-state index in [9.17, 15) is 0 Å². The van der Waals surface area contributed by atoms with Gasteiger partial charge in [0.1, 0.15) is 11.3 Å². The third-order valence-electron chi connectivity index (χ3n) is 3.94. The largest absolute Gasteiger partial charge is 0.411 e. The molecule has 26 heavy (non-hydrogen) atoms. The second kappa shape index (κ2) is 7.47. The van der Waals surface area contributed by atoms with Crippen LogP contribution in [0.2, 0.25) is 0 Å². The molecule has 4 rings (SSSR count). The molecule has 1 N–H and O–H groups in total. The monoisotopic (exact) mass is 364 g/mol. The van der Waals surface area contributed by atoms with Crippen molar-refractivity contribution in [3.63, 3.8) is 0 Å². The third-order valence-corrected chi connectivity index (χ3v) is 4.70. The van der Waals surface area contributed by atoms with E-state index in [2.05, 4.69) is 21.2 Å². The number of fused-ring (bicyclic) bond motifs is 1. The number of hydrogen-bond acceptors (Lipinski definition) is 6. The van der Waals surface area contributed by atoms with E-state index in [0.717, 1.165) is 32.9 Å². The molecule has 2 aromatic carbocycles. The maximum Gasteiger partial charge on any atom is 0.118 e. The van der Waals surface area contributed by atoms with E-state index in [0.29, 0.717) is 13.2 Å². The second-order valence-corrected chi connectivity index (χ2v) is 6.67. The Balaban J connectivity index is 1.55. The molecule has 7 heteroatoms. The Bertz CT molecular complexity index is 1040. The predicted molar refractivity (Wildman–Crippen MR) is 101 cm³/mol. The standard InChI is InChI=1S/C19H16N4O2S/c24-22-10-14-4-5-18-17(9-14)21-13-23(18)16-3-1-2-15(8-16)11-25-12-19-20-6-7-26-19/h1-10,13,24H,11-12H2/b22-10-. The molecule has 2 aromatic heterocycles. The molecule has 0 aliphatic heterocycles. The number of imidazole rings is 1. The summed E-state index contributed by atoms with van der Waals surface area (Å²) in [7, 11) is 0. The molecule has 0 radical (unpaired) electrons. The molecule has 0 unspecified atom stereocenters. The fourth-order valence-corrected chi connectivity index (χ4v) is 3.31. The van der Waals surface area contributed by atoms with Gasteiger partial charge in [-0.2, -0.15) is 0 Å². The molecule has 0 bridgehead atoms. The lowest BCUT2D eigenvalue weighted by Crippen LogP contribution is -1.97. The summed E-state index contributed by atoms with van der Waals surface area (Å²) in [6.45, 7) is 1.04. The number of hydrogen-bond donors (Lipinski definition) is 1. The second-order valence-electron chi connectivity index (χ2n) is 5.70. The van der Waals surface area contributed by atoms with E-state index >= 15 is 0 Å². The first-order valence-corrected chi connectivity index (χ1v) is 8.91. The van der Waals surface area contributed by atoms with Gasteiger partial charge in [-0.15, -0.1) is 11.3 Å². The van der Waals surface area contributed by atoms with Crippen LogP contribution in [0.5, 0.6) is 0 Å². The maximum absolute atomic E-state index is 8.67. The van der Waals surface area contributed by atoms with Crippen molar-refractivity contribution in [1.82, 2.24) is 14.5 Å².